The minimum atomic E-state index is 1.40. The second-order valence-corrected chi connectivity index (χ2v) is 13.1. The van der Waals surface area contributed by atoms with Gasteiger partial charge >= 0.3 is 0 Å². The average molecular weight is 560 g/mol. The van der Waals surface area contributed by atoms with E-state index in [1.165, 1.54) is 43.4 Å². The van der Waals surface area contributed by atoms with Gasteiger partial charge in [0.1, 0.15) is 0 Å². The highest BCUT2D eigenvalue weighted by Gasteiger charge is 2.19. The molecule has 0 aliphatic rings. The fraction of sp³-hybridized carbons (Fsp3) is 0. The van der Waals surface area contributed by atoms with E-state index in [0.717, 1.165) is 0 Å². The predicted molar refractivity (Wildman–Crippen MR) is 111 cm³/mol. The van der Waals surface area contributed by atoms with Crippen LogP contribution in [0.15, 0.2) is 12.1 Å². The zero-order chi connectivity index (χ0) is 12.7. The monoisotopic (exact) mass is 560 g/mol. The molecule has 0 fully saturated rings. The van der Waals surface area contributed by atoms with Gasteiger partial charge in [0.2, 0.25) is 0 Å². The molecule has 5 aromatic rings. The third kappa shape index (κ3) is 1.69. The summed E-state index contributed by atoms with van der Waals surface area (Å²) in [4.78, 5) is 0. The molecule has 0 spiro atoms. The molecular weight excluding hydrogens is 558 g/mol. The van der Waals surface area contributed by atoms with Gasteiger partial charge in [-0.1, -0.05) is 0 Å². The Balaban J connectivity index is 2.04. The molecule has 0 unspecified atom stereocenters. The van der Waals surface area contributed by atoms with Gasteiger partial charge < -0.3 is 0 Å². The predicted octanol–water partition coefficient (Wildman–Crippen LogP) is 7.82. The average Bonchev–Trinajstić information content (AvgIpc) is 3.04. The lowest BCUT2D eigenvalue weighted by atomic mass is 10.4. The summed E-state index contributed by atoms with van der Waals surface area (Å²) in [7, 11) is 0. The molecule has 19 heavy (non-hydrogen) atoms. The van der Waals surface area contributed by atoms with Crippen LogP contribution in [0.4, 0.5) is 0 Å². The maximum absolute atomic E-state index is 2.43. The van der Waals surface area contributed by atoms with Gasteiger partial charge in [-0.15, -0.1) is 56.7 Å². The number of hydrogen-bond acceptors (Lipinski definition) is 5. The van der Waals surface area contributed by atoms with Gasteiger partial charge in [0.15, 0.2) is 0 Å². The van der Waals surface area contributed by atoms with Crippen molar-refractivity contribution in [3.63, 3.8) is 0 Å². The Kier molecular flexibility index (Phi) is 2.81. The quantitative estimate of drug-likeness (QED) is 0.170. The molecule has 0 aromatic carbocycles. The maximum Gasteiger partial charge on any atom is 0.0674 e. The molecule has 0 N–H and O–H groups in total. The first-order chi connectivity index (χ1) is 9.20. The molecule has 0 aliphatic heterocycles. The third-order valence-corrected chi connectivity index (χ3v) is 11.3. The first kappa shape index (κ1) is 12.5. The lowest BCUT2D eigenvalue weighted by molar-refractivity contribution is 2.12. The van der Waals surface area contributed by atoms with E-state index in [2.05, 4.69) is 57.3 Å². The molecule has 7 heteroatoms. The molecule has 0 nitrogen and oxygen atoms in total. The minimum absolute atomic E-state index is 1.40. The summed E-state index contributed by atoms with van der Waals surface area (Å²) in [6.07, 6.45) is 0. The summed E-state index contributed by atoms with van der Waals surface area (Å²) >= 11 is 14.7. The Morgan fingerprint density at radius 3 is 1.42 bits per heavy atom. The molecule has 0 saturated carbocycles. The normalized spacial score (nSPS) is 12.7. The van der Waals surface area contributed by atoms with Gasteiger partial charge in [0.25, 0.3) is 0 Å². The van der Waals surface area contributed by atoms with Crippen LogP contribution < -0.4 is 0 Å². The van der Waals surface area contributed by atoms with Crippen LogP contribution in [-0.4, -0.2) is 0 Å². The third-order valence-electron chi connectivity index (χ3n) is 3.00. The Labute approximate surface area is 155 Å². The Morgan fingerprint density at radius 1 is 0.526 bits per heavy atom. The van der Waals surface area contributed by atoms with E-state index >= 15 is 0 Å². The largest absolute Gasteiger partial charge is 0.132 e. The van der Waals surface area contributed by atoms with Crippen LogP contribution >= 0.6 is 102 Å². The maximum atomic E-state index is 2.43. The van der Waals surface area contributed by atoms with Gasteiger partial charge in [0.05, 0.1) is 34.0 Å². The van der Waals surface area contributed by atoms with Crippen molar-refractivity contribution in [1.29, 1.82) is 0 Å². The van der Waals surface area contributed by atoms with Crippen LogP contribution in [0.3, 0.4) is 0 Å². The Hall–Kier alpha value is 1.000. The minimum Gasteiger partial charge on any atom is -0.132 e. The molecule has 94 valence electrons. The number of halogens is 2. The van der Waals surface area contributed by atoms with Crippen molar-refractivity contribution in [2.75, 3.05) is 0 Å². The van der Waals surface area contributed by atoms with E-state index in [9.17, 15) is 0 Å². The van der Waals surface area contributed by atoms with E-state index in [-0.39, 0.29) is 0 Å². The summed E-state index contributed by atoms with van der Waals surface area (Å²) < 4.78 is 14.8. The first-order valence-corrected chi connectivity index (χ1v) is 11.6. The highest BCUT2D eigenvalue weighted by molar-refractivity contribution is 14.1. The van der Waals surface area contributed by atoms with Crippen LogP contribution in [0, 0.1) is 5.77 Å². The number of rotatable bonds is 0. The summed E-state index contributed by atoms with van der Waals surface area (Å²) in [6, 6.07) is 4.64. The summed E-state index contributed by atoms with van der Waals surface area (Å²) in [5, 5.41) is 0. The lowest BCUT2D eigenvalue weighted by Crippen LogP contribution is -1.46. The number of thiophene rings is 5. The summed E-state index contributed by atoms with van der Waals surface area (Å²) in [5.74, 6) is 0. The molecule has 5 aromatic heterocycles. The van der Waals surface area contributed by atoms with E-state index in [1.54, 1.807) is 0 Å². The molecule has 0 radical (unpaired) electrons. The van der Waals surface area contributed by atoms with Gasteiger partial charge in [-0.25, -0.2) is 0 Å². The highest BCUT2D eigenvalue weighted by atomic mass is 127. The van der Waals surface area contributed by atoms with Crippen molar-refractivity contribution in [3.05, 3.63) is 17.9 Å². The van der Waals surface area contributed by atoms with Crippen LogP contribution in [0.25, 0.3) is 37.6 Å². The van der Waals surface area contributed by atoms with Gasteiger partial charge in [0, 0.05) is 9.40 Å². The fourth-order valence-electron chi connectivity index (χ4n) is 2.27. The molecule has 0 amide bonds. The standard InChI is InChI=1S/C12H2I2S5/c13-5-1-3-7(17-5)9-11(15-3)12-10(19-9)8-4(16-12)2-6(14)18-8/h1-2H. The molecule has 0 aliphatic carbocycles. The number of hydrogen-bond donors (Lipinski definition) is 0. The van der Waals surface area contributed by atoms with Crippen LogP contribution in [0.5, 0.6) is 0 Å². The zero-order valence-electron chi connectivity index (χ0n) is 8.95. The van der Waals surface area contributed by atoms with Crippen molar-refractivity contribution in [3.8, 4) is 0 Å². The fourth-order valence-corrected chi connectivity index (χ4v) is 11.3. The molecule has 0 bridgehead atoms. The van der Waals surface area contributed by atoms with Crippen LogP contribution in [0.1, 0.15) is 0 Å². The summed E-state index contributed by atoms with van der Waals surface area (Å²) in [5.41, 5.74) is 0. The van der Waals surface area contributed by atoms with Gasteiger partial charge in [-0.3, -0.25) is 0 Å². The SMILES string of the molecule is Ic1cc2sc3c(sc4c5sc(I)cc5sc43)c2s1. The smallest absolute Gasteiger partial charge is 0.0674 e. The lowest BCUT2D eigenvalue weighted by Gasteiger charge is -1.77. The van der Waals surface area contributed by atoms with Crippen molar-refractivity contribution < 1.29 is 0 Å². The molecule has 5 heterocycles. The molecule has 0 atom stereocenters. The van der Waals surface area contributed by atoms with E-state index in [4.69, 9.17) is 0 Å². The topological polar surface area (TPSA) is 0 Å². The highest BCUT2D eigenvalue weighted by Crippen LogP contribution is 2.53. The van der Waals surface area contributed by atoms with Crippen molar-refractivity contribution >= 4 is 139 Å². The number of fused-ring (bicyclic) bond motifs is 7. The Bertz CT molecular complexity index is 998. The van der Waals surface area contributed by atoms with Crippen molar-refractivity contribution in [2.45, 2.75) is 0 Å². The molecule has 5 rings (SSSR count). The summed E-state index contributed by atoms with van der Waals surface area (Å²) in [6.45, 7) is 0. The van der Waals surface area contributed by atoms with E-state index in [0.29, 0.717) is 0 Å². The van der Waals surface area contributed by atoms with Crippen LogP contribution in [-0.2, 0) is 0 Å². The first-order valence-electron chi connectivity index (χ1n) is 5.32. The second-order valence-electron chi connectivity index (χ2n) is 4.11. The van der Waals surface area contributed by atoms with Crippen molar-refractivity contribution in [1.82, 2.24) is 0 Å². The Morgan fingerprint density at radius 2 is 0.947 bits per heavy atom. The van der Waals surface area contributed by atoms with Gasteiger partial charge in [-0.2, -0.15) is 0 Å². The van der Waals surface area contributed by atoms with Crippen LogP contribution in [0.2, 0.25) is 0 Å². The van der Waals surface area contributed by atoms with E-state index in [1.807, 2.05) is 56.7 Å². The van der Waals surface area contributed by atoms with Gasteiger partial charge in [-0.05, 0) is 57.3 Å². The molecular formula is C12H2I2S5. The van der Waals surface area contributed by atoms with Crippen molar-refractivity contribution in [2.24, 2.45) is 0 Å². The second kappa shape index (κ2) is 4.26. The molecule has 0 saturated heterocycles. The van der Waals surface area contributed by atoms with E-state index < -0.39 is 0 Å². The zero-order valence-corrected chi connectivity index (χ0v) is 17.3.